The van der Waals surface area contributed by atoms with Gasteiger partial charge in [0, 0.05) is 16.7 Å². The number of benzene rings is 2. The van der Waals surface area contributed by atoms with Crippen LogP contribution in [0.1, 0.15) is 11.1 Å². The third-order valence-corrected chi connectivity index (χ3v) is 3.59. The Bertz CT molecular complexity index is 578. The van der Waals surface area contributed by atoms with Crippen LogP contribution >= 0.6 is 15.9 Å². The van der Waals surface area contributed by atoms with Gasteiger partial charge in [0.1, 0.15) is 12.4 Å². The molecule has 2 nitrogen and oxygen atoms in total. The Morgan fingerprint density at radius 2 is 1.95 bits per heavy atom. The Labute approximate surface area is 128 Å². The molecule has 0 aliphatic rings. The fraction of sp³-hybridized carbons (Fsp3) is 0.176. The van der Waals surface area contributed by atoms with Crippen LogP contribution in [0.2, 0.25) is 0 Å². The summed E-state index contributed by atoms with van der Waals surface area (Å²) in [5.41, 5.74) is 3.56. The average Bonchev–Trinajstić information content (AvgIpc) is 2.47. The number of hydrogen-bond donors (Lipinski definition) is 1. The first-order chi connectivity index (χ1) is 9.69. The van der Waals surface area contributed by atoms with Gasteiger partial charge in [0.05, 0.1) is 0 Å². The summed E-state index contributed by atoms with van der Waals surface area (Å²) in [5.74, 6) is 0.866. The molecule has 0 amide bonds. The molecule has 0 aliphatic carbocycles. The minimum absolute atomic E-state index is 0.536. The minimum Gasteiger partial charge on any atom is -0.490 e. The Hall–Kier alpha value is -1.74. The van der Waals surface area contributed by atoms with Gasteiger partial charge in [0.25, 0.3) is 0 Å². The predicted octanol–water partition coefficient (Wildman–Crippen LogP) is 4.93. The Kier molecular flexibility index (Phi) is 5.24. The SMILES string of the molecule is C=CCOc1ccc(CNc2cc(C)ccc2Br)cc1. The maximum absolute atomic E-state index is 5.46. The van der Waals surface area contributed by atoms with Crippen LogP contribution in [0.4, 0.5) is 5.69 Å². The van der Waals surface area contributed by atoms with E-state index in [4.69, 9.17) is 4.74 Å². The highest BCUT2D eigenvalue weighted by Crippen LogP contribution is 2.24. The Morgan fingerprint density at radius 3 is 2.65 bits per heavy atom. The molecular weight excluding hydrogens is 314 g/mol. The molecule has 0 saturated carbocycles. The van der Waals surface area contributed by atoms with Crippen LogP contribution in [-0.2, 0) is 6.54 Å². The van der Waals surface area contributed by atoms with E-state index < -0.39 is 0 Å². The molecule has 0 bridgehead atoms. The van der Waals surface area contributed by atoms with E-state index in [-0.39, 0.29) is 0 Å². The van der Waals surface area contributed by atoms with Gasteiger partial charge in [-0.25, -0.2) is 0 Å². The van der Waals surface area contributed by atoms with Gasteiger partial charge in [-0.1, -0.05) is 30.9 Å². The normalized spacial score (nSPS) is 10.1. The second-order valence-corrected chi connectivity index (χ2v) is 5.43. The number of ether oxygens (including phenoxy) is 1. The number of nitrogens with one attached hydrogen (secondary N) is 1. The predicted molar refractivity (Wildman–Crippen MR) is 88.3 cm³/mol. The summed E-state index contributed by atoms with van der Waals surface area (Å²) >= 11 is 3.55. The zero-order valence-corrected chi connectivity index (χ0v) is 13.1. The number of anilines is 1. The molecule has 0 aromatic heterocycles. The van der Waals surface area contributed by atoms with Crippen molar-refractivity contribution in [2.24, 2.45) is 0 Å². The van der Waals surface area contributed by atoms with Gasteiger partial charge in [0.2, 0.25) is 0 Å². The Morgan fingerprint density at radius 1 is 1.20 bits per heavy atom. The molecule has 2 aromatic rings. The first-order valence-electron chi connectivity index (χ1n) is 6.51. The second-order valence-electron chi connectivity index (χ2n) is 4.58. The highest BCUT2D eigenvalue weighted by atomic mass is 79.9. The zero-order valence-electron chi connectivity index (χ0n) is 11.5. The molecule has 20 heavy (non-hydrogen) atoms. The highest BCUT2D eigenvalue weighted by Gasteiger charge is 2.00. The monoisotopic (exact) mass is 331 g/mol. The lowest BCUT2D eigenvalue weighted by Crippen LogP contribution is -2.00. The second kappa shape index (κ2) is 7.15. The van der Waals surface area contributed by atoms with Gasteiger partial charge in [-0.2, -0.15) is 0 Å². The van der Waals surface area contributed by atoms with Crippen LogP contribution in [0.15, 0.2) is 59.6 Å². The summed E-state index contributed by atoms with van der Waals surface area (Å²) in [5, 5.41) is 3.43. The van der Waals surface area contributed by atoms with Gasteiger partial charge in [-0.3, -0.25) is 0 Å². The van der Waals surface area contributed by atoms with E-state index in [2.05, 4.69) is 65.1 Å². The lowest BCUT2D eigenvalue weighted by atomic mass is 10.2. The summed E-state index contributed by atoms with van der Waals surface area (Å²) in [6, 6.07) is 14.4. The van der Waals surface area contributed by atoms with Gasteiger partial charge in [0.15, 0.2) is 0 Å². The third-order valence-electron chi connectivity index (χ3n) is 2.90. The van der Waals surface area contributed by atoms with Gasteiger partial charge in [-0.15, -0.1) is 0 Å². The van der Waals surface area contributed by atoms with Crippen LogP contribution in [0.5, 0.6) is 5.75 Å². The van der Waals surface area contributed by atoms with E-state index in [1.807, 2.05) is 12.1 Å². The van der Waals surface area contributed by atoms with Crippen LogP contribution in [0.3, 0.4) is 0 Å². The molecule has 0 fully saturated rings. The number of aryl methyl sites for hydroxylation is 1. The molecule has 104 valence electrons. The van der Waals surface area contributed by atoms with Gasteiger partial charge < -0.3 is 10.1 Å². The van der Waals surface area contributed by atoms with Crippen molar-refractivity contribution in [2.75, 3.05) is 11.9 Å². The van der Waals surface area contributed by atoms with Crippen molar-refractivity contribution >= 4 is 21.6 Å². The molecule has 0 unspecified atom stereocenters. The van der Waals surface area contributed by atoms with Gasteiger partial charge in [-0.05, 0) is 58.2 Å². The molecule has 0 radical (unpaired) electrons. The van der Waals surface area contributed by atoms with E-state index in [0.717, 1.165) is 22.5 Å². The molecule has 3 heteroatoms. The summed E-state index contributed by atoms with van der Waals surface area (Å²) in [4.78, 5) is 0. The molecule has 1 N–H and O–H groups in total. The van der Waals surface area contributed by atoms with Crippen LogP contribution in [0, 0.1) is 6.92 Å². The van der Waals surface area contributed by atoms with Crippen molar-refractivity contribution in [3.8, 4) is 5.75 Å². The summed E-state index contributed by atoms with van der Waals surface area (Å²) in [6.45, 7) is 7.04. The smallest absolute Gasteiger partial charge is 0.119 e. The van der Waals surface area contributed by atoms with E-state index >= 15 is 0 Å². The van der Waals surface area contributed by atoms with Crippen LogP contribution in [0.25, 0.3) is 0 Å². The molecule has 0 heterocycles. The first-order valence-corrected chi connectivity index (χ1v) is 7.31. The molecule has 2 aromatic carbocycles. The van der Waals surface area contributed by atoms with Crippen molar-refractivity contribution in [1.29, 1.82) is 0 Å². The van der Waals surface area contributed by atoms with E-state index in [1.54, 1.807) is 6.08 Å². The van der Waals surface area contributed by atoms with Crippen LogP contribution < -0.4 is 10.1 Å². The van der Waals surface area contributed by atoms with Gasteiger partial charge >= 0.3 is 0 Å². The first kappa shape index (κ1) is 14.7. The summed E-state index contributed by atoms with van der Waals surface area (Å²) in [7, 11) is 0. The van der Waals surface area contributed by atoms with Crippen molar-refractivity contribution in [1.82, 2.24) is 0 Å². The van der Waals surface area contributed by atoms with Crippen molar-refractivity contribution in [3.05, 3.63) is 70.7 Å². The molecule has 0 spiro atoms. The standard InChI is InChI=1S/C17H18BrNO/c1-3-10-20-15-7-5-14(6-8-15)12-19-17-11-13(2)4-9-16(17)18/h3-9,11,19H,1,10,12H2,2H3. The number of hydrogen-bond acceptors (Lipinski definition) is 2. The zero-order chi connectivity index (χ0) is 14.4. The lowest BCUT2D eigenvalue weighted by Gasteiger charge is -2.10. The maximum atomic E-state index is 5.46. The van der Waals surface area contributed by atoms with E-state index in [9.17, 15) is 0 Å². The largest absolute Gasteiger partial charge is 0.490 e. The minimum atomic E-state index is 0.536. The number of halogens is 1. The molecular formula is C17H18BrNO. The average molecular weight is 332 g/mol. The Balaban J connectivity index is 1.96. The quantitative estimate of drug-likeness (QED) is 0.757. The van der Waals surface area contributed by atoms with Crippen molar-refractivity contribution in [3.63, 3.8) is 0 Å². The van der Waals surface area contributed by atoms with E-state index in [0.29, 0.717) is 6.61 Å². The maximum Gasteiger partial charge on any atom is 0.119 e. The molecule has 0 saturated heterocycles. The molecule has 0 aliphatic heterocycles. The fourth-order valence-corrected chi connectivity index (χ4v) is 2.22. The van der Waals surface area contributed by atoms with Crippen molar-refractivity contribution in [2.45, 2.75) is 13.5 Å². The molecule has 2 rings (SSSR count). The molecule has 0 atom stereocenters. The number of rotatable bonds is 6. The topological polar surface area (TPSA) is 21.3 Å². The van der Waals surface area contributed by atoms with Crippen LogP contribution in [-0.4, -0.2) is 6.61 Å². The highest BCUT2D eigenvalue weighted by molar-refractivity contribution is 9.10. The van der Waals surface area contributed by atoms with E-state index in [1.165, 1.54) is 11.1 Å². The summed E-state index contributed by atoms with van der Waals surface area (Å²) < 4.78 is 6.54. The summed E-state index contributed by atoms with van der Waals surface area (Å²) in [6.07, 6.45) is 1.74. The van der Waals surface area contributed by atoms with Crippen molar-refractivity contribution < 1.29 is 4.74 Å². The fourth-order valence-electron chi connectivity index (χ4n) is 1.83. The lowest BCUT2D eigenvalue weighted by molar-refractivity contribution is 0.363. The third kappa shape index (κ3) is 4.14.